The van der Waals surface area contributed by atoms with Crippen molar-refractivity contribution in [2.75, 3.05) is 58.3 Å². The Labute approximate surface area is 93.2 Å². The minimum absolute atomic E-state index is 0.0350. The Bertz CT molecular complexity index is 153. The zero-order valence-corrected chi connectivity index (χ0v) is 9.96. The summed E-state index contributed by atoms with van der Waals surface area (Å²) >= 11 is 0. The molecule has 0 aliphatic rings. The van der Waals surface area contributed by atoms with Gasteiger partial charge in [0.2, 0.25) is 0 Å². The van der Waals surface area contributed by atoms with Crippen molar-refractivity contribution < 1.29 is 23.5 Å². The van der Waals surface area contributed by atoms with Crippen LogP contribution in [-0.4, -0.2) is 67.6 Å². The van der Waals surface area contributed by atoms with Gasteiger partial charge in [0.25, 0.3) is 0 Å². The summed E-state index contributed by atoms with van der Waals surface area (Å²) in [6, 6.07) is 0. The van der Waals surface area contributed by atoms with Crippen LogP contribution in [0, 0.1) is 0 Å². The second kappa shape index (κ2) is 12.1. The van der Waals surface area contributed by atoms with Crippen molar-refractivity contribution in [1.82, 2.24) is 0 Å². The van der Waals surface area contributed by atoms with Crippen molar-refractivity contribution in [2.45, 2.75) is 0 Å². The maximum absolute atomic E-state index is 11.0. The van der Waals surface area contributed by atoms with Gasteiger partial charge < -0.3 is 19.3 Å². The highest BCUT2D eigenvalue weighted by atomic mass is 32.2. The van der Waals surface area contributed by atoms with E-state index in [1.807, 2.05) is 0 Å². The highest BCUT2D eigenvalue weighted by Gasteiger charge is 1.98. The van der Waals surface area contributed by atoms with E-state index in [0.29, 0.717) is 44.5 Å². The summed E-state index contributed by atoms with van der Waals surface area (Å²) in [6.45, 7) is 2.58. The molecule has 1 atom stereocenters. The summed E-state index contributed by atoms with van der Waals surface area (Å²) < 4.78 is 26.2. The number of aliphatic hydroxyl groups is 1. The summed E-state index contributed by atoms with van der Waals surface area (Å²) in [5, 5.41) is 8.49. The van der Waals surface area contributed by atoms with Gasteiger partial charge in [0.15, 0.2) is 0 Å². The van der Waals surface area contributed by atoms with Crippen molar-refractivity contribution in [3.05, 3.63) is 0 Å². The third kappa shape index (κ3) is 11.9. The summed E-state index contributed by atoms with van der Waals surface area (Å²) in [7, 11) is 0.655. The molecule has 0 aromatic carbocycles. The van der Waals surface area contributed by atoms with E-state index in [2.05, 4.69) is 0 Å². The van der Waals surface area contributed by atoms with Gasteiger partial charge in [-0.3, -0.25) is 4.21 Å². The maximum atomic E-state index is 11.0. The minimum Gasteiger partial charge on any atom is -0.395 e. The summed E-state index contributed by atoms with van der Waals surface area (Å²) in [5.41, 5.74) is 0. The average molecular weight is 240 g/mol. The van der Waals surface area contributed by atoms with Crippen molar-refractivity contribution in [2.24, 2.45) is 0 Å². The second-order valence-corrected chi connectivity index (χ2v) is 4.49. The standard InChI is InChI=1S/C9H20O5S/c1-12-3-4-13-5-6-14-7-9-15(11)8-2-10/h10H,2-9H2,1H3. The molecule has 0 aromatic heterocycles. The predicted octanol–water partition coefficient (Wildman–Crippen LogP) is -0.593. The third-order valence-electron chi connectivity index (χ3n) is 1.58. The number of hydrogen-bond donors (Lipinski definition) is 1. The fraction of sp³-hybridized carbons (Fsp3) is 1.00. The molecular weight excluding hydrogens is 220 g/mol. The van der Waals surface area contributed by atoms with Gasteiger partial charge in [-0.1, -0.05) is 0 Å². The van der Waals surface area contributed by atoms with E-state index >= 15 is 0 Å². The third-order valence-corrected chi connectivity index (χ3v) is 2.84. The van der Waals surface area contributed by atoms with Crippen LogP contribution in [0.15, 0.2) is 0 Å². The Balaban J connectivity index is 3.01. The van der Waals surface area contributed by atoms with Crippen molar-refractivity contribution >= 4 is 10.8 Å². The predicted molar refractivity (Wildman–Crippen MR) is 58.5 cm³/mol. The fourth-order valence-electron chi connectivity index (χ4n) is 0.820. The second-order valence-electron chi connectivity index (χ2n) is 2.79. The Morgan fingerprint density at radius 1 is 1.00 bits per heavy atom. The number of ether oxygens (including phenoxy) is 3. The van der Waals surface area contributed by atoms with Crippen LogP contribution < -0.4 is 0 Å². The van der Waals surface area contributed by atoms with Crippen LogP contribution >= 0.6 is 0 Å². The molecule has 0 radical (unpaired) electrons. The van der Waals surface area contributed by atoms with E-state index in [0.717, 1.165) is 0 Å². The molecule has 0 amide bonds. The van der Waals surface area contributed by atoms with Crippen LogP contribution in [0.5, 0.6) is 0 Å². The Hall–Kier alpha value is -0.0100. The molecule has 0 saturated carbocycles. The average Bonchev–Trinajstić information content (AvgIpc) is 2.22. The van der Waals surface area contributed by atoms with E-state index < -0.39 is 10.8 Å². The molecule has 1 N–H and O–H groups in total. The molecule has 15 heavy (non-hydrogen) atoms. The van der Waals surface area contributed by atoms with Crippen molar-refractivity contribution in [3.63, 3.8) is 0 Å². The zero-order chi connectivity index (χ0) is 11.4. The van der Waals surface area contributed by atoms with Gasteiger partial charge in [-0.05, 0) is 0 Å². The number of hydrogen-bond acceptors (Lipinski definition) is 5. The molecule has 0 aliphatic heterocycles. The summed E-state index contributed by atoms with van der Waals surface area (Å²) in [5.74, 6) is 0.798. The maximum Gasteiger partial charge on any atom is 0.0701 e. The molecule has 0 spiro atoms. The van der Waals surface area contributed by atoms with Crippen molar-refractivity contribution in [1.29, 1.82) is 0 Å². The van der Waals surface area contributed by atoms with E-state index in [1.54, 1.807) is 7.11 Å². The summed E-state index contributed by atoms with van der Waals surface area (Å²) in [6.07, 6.45) is 0. The van der Waals surface area contributed by atoms with E-state index in [1.165, 1.54) is 0 Å². The van der Waals surface area contributed by atoms with E-state index in [9.17, 15) is 4.21 Å². The SMILES string of the molecule is COCCOCCOCCS(=O)CCO. The lowest BCUT2D eigenvalue weighted by molar-refractivity contribution is 0.0285. The van der Waals surface area contributed by atoms with Gasteiger partial charge in [-0.15, -0.1) is 0 Å². The van der Waals surface area contributed by atoms with Gasteiger partial charge in [0.05, 0.1) is 39.6 Å². The molecule has 0 rings (SSSR count). The highest BCUT2D eigenvalue weighted by Crippen LogP contribution is 1.84. The van der Waals surface area contributed by atoms with Crippen LogP contribution in [0.25, 0.3) is 0 Å². The largest absolute Gasteiger partial charge is 0.395 e. The first-order valence-electron chi connectivity index (χ1n) is 4.91. The van der Waals surface area contributed by atoms with Crippen LogP contribution in [0.2, 0.25) is 0 Å². The molecule has 6 heteroatoms. The molecule has 0 bridgehead atoms. The van der Waals surface area contributed by atoms with E-state index in [-0.39, 0.29) is 6.61 Å². The molecule has 92 valence electrons. The first kappa shape index (κ1) is 15.0. The topological polar surface area (TPSA) is 65.0 Å². The molecule has 0 heterocycles. The van der Waals surface area contributed by atoms with Gasteiger partial charge in [-0.25, -0.2) is 0 Å². The Kier molecular flexibility index (Phi) is 12.1. The molecule has 1 unspecified atom stereocenters. The van der Waals surface area contributed by atoms with Gasteiger partial charge in [-0.2, -0.15) is 0 Å². The van der Waals surface area contributed by atoms with Crippen molar-refractivity contribution in [3.8, 4) is 0 Å². The Morgan fingerprint density at radius 3 is 2.20 bits per heavy atom. The fourth-order valence-corrected chi connectivity index (χ4v) is 1.53. The number of aliphatic hydroxyl groups excluding tert-OH is 1. The normalized spacial score (nSPS) is 12.9. The molecule has 0 fully saturated rings. The number of rotatable bonds is 11. The zero-order valence-electron chi connectivity index (χ0n) is 9.15. The lowest BCUT2D eigenvalue weighted by Crippen LogP contribution is -2.14. The van der Waals surface area contributed by atoms with Crippen LogP contribution in [0.4, 0.5) is 0 Å². The highest BCUT2D eigenvalue weighted by molar-refractivity contribution is 7.85. The van der Waals surface area contributed by atoms with Crippen LogP contribution in [0.1, 0.15) is 0 Å². The summed E-state index contributed by atoms with van der Waals surface area (Å²) in [4.78, 5) is 0. The van der Waals surface area contributed by atoms with Crippen LogP contribution in [-0.2, 0) is 25.0 Å². The lowest BCUT2D eigenvalue weighted by atomic mass is 10.7. The number of methoxy groups -OCH3 is 1. The molecular formula is C9H20O5S. The van der Waals surface area contributed by atoms with Gasteiger partial charge >= 0.3 is 0 Å². The molecule has 0 saturated heterocycles. The molecule has 0 aliphatic carbocycles. The monoisotopic (exact) mass is 240 g/mol. The quantitative estimate of drug-likeness (QED) is 0.489. The molecule has 0 aromatic rings. The first-order valence-corrected chi connectivity index (χ1v) is 6.40. The van der Waals surface area contributed by atoms with Gasteiger partial charge in [0.1, 0.15) is 0 Å². The minimum atomic E-state index is -0.966. The first-order chi connectivity index (χ1) is 7.31. The molecule has 5 nitrogen and oxygen atoms in total. The Morgan fingerprint density at radius 2 is 1.60 bits per heavy atom. The van der Waals surface area contributed by atoms with Crippen LogP contribution in [0.3, 0.4) is 0 Å². The smallest absolute Gasteiger partial charge is 0.0701 e. The van der Waals surface area contributed by atoms with Gasteiger partial charge in [0, 0.05) is 29.4 Å². The van der Waals surface area contributed by atoms with E-state index in [4.69, 9.17) is 19.3 Å². The lowest BCUT2D eigenvalue weighted by Gasteiger charge is -2.05.